The molecule has 8 nitrogen and oxygen atoms in total. The van der Waals surface area contributed by atoms with Gasteiger partial charge in [-0.25, -0.2) is 0 Å². The fraction of sp³-hybridized carbons (Fsp3) is 0.333. The molecule has 3 rings (SSSR count). The molecule has 2 heterocycles. The molecule has 0 fully saturated rings. The van der Waals surface area contributed by atoms with Crippen molar-refractivity contribution in [2.45, 2.75) is 29.3 Å². The molecule has 1 aromatic carbocycles. The van der Waals surface area contributed by atoms with Gasteiger partial charge in [0.05, 0.1) is 11.4 Å². The van der Waals surface area contributed by atoms with E-state index in [4.69, 9.17) is 0 Å². The molecule has 0 aliphatic rings. The maximum absolute atomic E-state index is 12.1. The van der Waals surface area contributed by atoms with Crippen LogP contribution in [0.2, 0.25) is 0 Å². The molecule has 0 saturated carbocycles. The number of hydrogen-bond donors (Lipinski definition) is 1. The summed E-state index contributed by atoms with van der Waals surface area (Å²) in [5.41, 5.74) is 0.846. The number of nitrogens with zero attached hydrogens (tertiary/aromatic N) is 6. The second-order valence-electron chi connectivity index (χ2n) is 5.12. The van der Waals surface area contributed by atoms with Crippen LogP contribution in [0.15, 0.2) is 39.8 Å². The van der Waals surface area contributed by atoms with Crippen molar-refractivity contribution in [3.05, 3.63) is 30.3 Å². The number of carbonyl (C=O) groups excluding carboxylic acids is 1. The predicted octanol–water partition coefficient (Wildman–Crippen LogP) is 3.14. The second-order valence-corrected chi connectivity index (χ2v) is 8.38. The Kier molecular flexibility index (Phi) is 6.97. The van der Waals surface area contributed by atoms with E-state index in [0.29, 0.717) is 10.3 Å². The van der Waals surface area contributed by atoms with E-state index in [2.05, 4.69) is 38.0 Å². The fourth-order valence-corrected chi connectivity index (χ4v) is 4.52. The quantitative estimate of drug-likeness (QED) is 0.328. The topological polar surface area (TPSA) is 98.5 Å². The van der Waals surface area contributed by atoms with Crippen molar-refractivity contribution in [1.29, 1.82) is 0 Å². The van der Waals surface area contributed by atoms with Crippen LogP contribution in [-0.2, 0) is 4.79 Å². The van der Waals surface area contributed by atoms with Crippen molar-refractivity contribution in [2.75, 3.05) is 16.8 Å². The third-order valence-electron chi connectivity index (χ3n) is 3.15. The minimum Gasteiger partial charge on any atom is -0.300 e. The number of para-hydroxylation sites is 1. The van der Waals surface area contributed by atoms with Gasteiger partial charge in [-0.05, 0) is 29.0 Å². The van der Waals surface area contributed by atoms with Crippen LogP contribution in [0.4, 0.5) is 5.13 Å². The van der Waals surface area contributed by atoms with Crippen LogP contribution in [0.3, 0.4) is 0 Å². The van der Waals surface area contributed by atoms with Gasteiger partial charge in [-0.15, -0.1) is 15.3 Å². The molecule has 3 aromatic rings. The van der Waals surface area contributed by atoms with Crippen LogP contribution in [0, 0.1) is 0 Å². The zero-order valence-electron chi connectivity index (χ0n) is 14.0. The lowest BCUT2D eigenvalue weighted by Gasteiger charge is -2.03. The van der Waals surface area contributed by atoms with Gasteiger partial charge in [0.15, 0.2) is 4.34 Å². The molecule has 26 heavy (non-hydrogen) atoms. The van der Waals surface area contributed by atoms with Crippen molar-refractivity contribution in [3.8, 4) is 5.69 Å². The van der Waals surface area contributed by atoms with Crippen molar-refractivity contribution >= 4 is 45.9 Å². The lowest BCUT2D eigenvalue weighted by Crippen LogP contribution is -2.14. The molecule has 11 heteroatoms. The lowest BCUT2D eigenvalue weighted by atomic mass is 10.3. The highest BCUT2D eigenvalue weighted by Crippen LogP contribution is 2.26. The number of thioether (sulfide) groups is 2. The number of benzene rings is 1. The largest absolute Gasteiger partial charge is 0.300 e. The molecule has 0 aliphatic carbocycles. The SMILES string of the molecule is CCCCSc1nnc(NC(=O)CSc2nnnn2-c2ccccc2)s1. The number of rotatable bonds is 9. The summed E-state index contributed by atoms with van der Waals surface area (Å²) in [7, 11) is 0. The molecule has 136 valence electrons. The van der Waals surface area contributed by atoms with Gasteiger partial charge in [0, 0.05) is 5.75 Å². The highest BCUT2D eigenvalue weighted by molar-refractivity contribution is 8.01. The monoisotopic (exact) mass is 407 g/mol. The lowest BCUT2D eigenvalue weighted by molar-refractivity contribution is -0.113. The van der Waals surface area contributed by atoms with E-state index in [1.165, 1.54) is 23.1 Å². The first-order chi connectivity index (χ1) is 12.8. The Balaban J connectivity index is 1.52. The molecule has 0 spiro atoms. The summed E-state index contributed by atoms with van der Waals surface area (Å²) in [5.74, 6) is 1.03. The van der Waals surface area contributed by atoms with Crippen LogP contribution in [0.25, 0.3) is 5.69 Å². The van der Waals surface area contributed by atoms with Gasteiger partial charge in [-0.2, -0.15) is 4.68 Å². The number of aromatic nitrogens is 6. The Morgan fingerprint density at radius 3 is 2.85 bits per heavy atom. The molecule has 0 aliphatic heterocycles. The third-order valence-corrected chi connectivity index (χ3v) is 6.13. The van der Waals surface area contributed by atoms with E-state index in [9.17, 15) is 4.79 Å². The summed E-state index contributed by atoms with van der Waals surface area (Å²) < 4.78 is 2.47. The highest BCUT2D eigenvalue weighted by Gasteiger charge is 2.13. The first kappa shape index (κ1) is 18.8. The summed E-state index contributed by atoms with van der Waals surface area (Å²) in [5, 5.41) is 23.5. The average molecular weight is 408 g/mol. The number of unbranched alkanes of at least 4 members (excludes halogenated alkanes) is 1. The Morgan fingerprint density at radius 2 is 2.04 bits per heavy atom. The number of nitrogens with one attached hydrogen (secondary N) is 1. The minimum atomic E-state index is -0.168. The Labute approximate surface area is 163 Å². The van der Waals surface area contributed by atoms with Gasteiger partial charge in [0.2, 0.25) is 16.2 Å². The molecule has 1 amide bonds. The number of carbonyl (C=O) groups is 1. The van der Waals surface area contributed by atoms with Gasteiger partial charge in [-0.3, -0.25) is 10.1 Å². The van der Waals surface area contributed by atoms with Gasteiger partial charge in [-0.1, -0.05) is 66.4 Å². The predicted molar refractivity (Wildman–Crippen MR) is 104 cm³/mol. The fourth-order valence-electron chi connectivity index (χ4n) is 1.91. The van der Waals surface area contributed by atoms with Gasteiger partial charge in [0.25, 0.3) is 0 Å². The molecule has 2 aromatic heterocycles. The van der Waals surface area contributed by atoms with Crippen molar-refractivity contribution in [2.24, 2.45) is 0 Å². The Hall–Kier alpha value is -1.98. The molecule has 0 unspecified atom stereocenters. The van der Waals surface area contributed by atoms with Gasteiger partial charge in [0.1, 0.15) is 0 Å². The maximum Gasteiger partial charge on any atom is 0.236 e. The summed E-state index contributed by atoms with van der Waals surface area (Å²) in [6, 6.07) is 9.54. The first-order valence-electron chi connectivity index (χ1n) is 7.99. The summed E-state index contributed by atoms with van der Waals surface area (Å²) >= 11 is 4.32. The first-order valence-corrected chi connectivity index (χ1v) is 10.8. The van der Waals surface area contributed by atoms with Gasteiger partial charge >= 0.3 is 0 Å². The van der Waals surface area contributed by atoms with Gasteiger partial charge < -0.3 is 0 Å². The van der Waals surface area contributed by atoms with E-state index >= 15 is 0 Å². The van der Waals surface area contributed by atoms with Crippen LogP contribution in [0.1, 0.15) is 19.8 Å². The third kappa shape index (κ3) is 5.26. The zero-order chi connectivity index (χ0) is 18.2. The van der Waals surface area contributed by atoms with E-state index in [-0.39, 0.29) is 11.7 Å². The molecular weight excluding hydrogens is 390 g/mol. The van der Waals surface area contributed by atoms with E-state index < -0.39 is 0 Å². The maximum atomic E-state index is 12.1. The number of tetrazole rings is 1. The van der Waals surface area contributed by atoms with Crippen LogP contribution < -0.4 is 5.32 Å². The Bertz CT molecular complexity index is 837. The molecule has 0 saturated heterocycles. The summed E-state index contributed by atoms with van der Waals surface area (Å²) in [6.07, 6.45) is 2.29. The normalized spacial score (nSPS) is 10.8. The number of anilines is 1. The molecule has 0 bridgehead atoms. The van der Waals surface area contributed by atoms with Crippen molar-refractivity contribution in [1.82, 2.24) is 30.4 Å². The number of amides is 1. The van der Waals surface area contributed by atoms with E-state index in [0.717, 1.165) is 28.6 Å². The Morgan fingerprint density at radius 1 is 1.19 bits per heavy atom. The smallest absolute Gasteiger partial charge is 0.236 e. The molecular formula is C15H17N7OS3. The summed E-state index contributed by atoms with van der Waals surface area (Å²) in [6.45, 7) is 2.15. The van der Waals surface area contributed by atoms with Crippen LogP contribution in [0.5, 0.6) is 0 Å². The van der Waals surface area contributed by atoms with E-state index in [1.54, 1.807) is 16.4 Å². The molecule has 0 atom stereocenters. The standard InChI is InChI=1S/C15H17N7OS3/c1-2-3-9-24-15-19-17-13(26-15)16-12(23)10-25-14-18-20-21-22(14)11-7-5-4-6-8-11/h4-8H,2-3,9-10H2,1H3,(H,16,17,23). The second kappa shape index (κ2) is 9.64. The summed E-state index contributed by atoms with van der Waals surface area (Å²) in [4.78, 5) is 12.1. The molecule has 0 radical (unpaired) electrons. The number of hydrogen-bond acceptors (Lipinski definition) is 9. The van der Waals surface area contributed by atoms with Crippen molar-refractivity contribution < 1.29 is 4.79 Å². The van der Waals surface area contributed by atoms with Crippen LogP contribution in [-0.4, -0.2) is 47.8 Å². The zero-order valence-corrected chi connectivity index (χ0v) is 16.5. The molecule has 1 N–H and O–H groups in total. The van der Waals surface area contributed by atoms with Crippen LogP contribution >= 0.6 is 34.9 Å². The average Bonchev–Trinajstić information content (AvgIpc) is 3.30. The minimum absolute atomic E-state index is 0.168. The van der Waals surface area contributed by atoms with Crippen molar-refractivity contribution in [3.63, 3.8) is 0 Å². The highest BCUT2D eigenvalue weighted by atomic mass is 32.2. The van der Waals surface area contributed by atoms with E-state index in [1.807, 2.05) is 30.3 Å².